The largest absolute Gasteiger partial charge is 0.480 e. The topological polar surface area (TPSA) is 240 Å². The number of aryl methyl sites for hydroxylation is 1. The molecule has 0 spiro atoms. The van der Waals surface area contributed by atoms with Gasteiger partial charge in [-0.1, -0.05) is 22.0 Å². The third kappa shape index (κ3) is 5.77. The Kier molecular flexibility index (Phi) is 8.11. The predicted octanol–water partition coefficient (Wildman–Crippen LogP) is -0.191. The van der Waals surface area contributed by atoms with E-state index in [0.29, 0.717) is 10.7 Å². The Balaban J connectivity index is 1.47. The van der Waals surface area contributed by atoms with Gasteiger partial charge in [0.05, 0.1) is 6.54 Å². The van der Waals surface area contributed by atoms with Crippen molar-refractivity contribution in [3.05, 3.63) is 33.3 Å². The summed E-state index contributed by atoms with van der Waals surface area (Å²) in [7, 11) is 1.66. The lowest BCUT2D eigenvalue weighted by Crippen LogP contribution is -2.69. The number of rotatable bonds is 11. The number of carboxylic acids is 1. The van der Waals surface area contributed by atoms with Crippen molar-refractivity contribution in [3.63, 3.8) is 0 Å². The summed E-state index contributed by atoms with van der Waals surface area (Å²) in [6.07, 6.45) is 1.50. The number of nitrogens with one attached hydrogen (secondary N) is 1. The first kappa shape index (κ1) is 26.2. The molecule has 2 unspecified atom stereocenters. The molecule has 2 aliphatic rings. The average Bonchev–Trinajstić information content (AvgIpc) is 3.49. The van der Waals surface area contributed by atoms with Crippen LogP contribution in [0.25, 0.3) is 10.4 Å². The zero-order chi connectivity index (χ0) is 26.5. The number of carbonyl (C=O) groups excluding carboxylic acids is 2. The molecule has 37 heavy (non-hydrogen) atoms. The summed E-state index contributed by atoms with van der Waals surface area (Å²) in [5.74, 6) is -2.01. The van der Waals surface area contributed by atoms with Crippen molar-refractivity contribution in [1.82, 2.24) is 35.4 Å². The van der Waals surface area contributed by atoms with Gasteiger partial charge >= 0.3 is 5.97 Å². The number of carboxylic acid groups (broad SMARTS) is 1. The van der Waals surface area contributed by atoms with Crippen LogP contribution in [0.5, 0.6) is 0 Å². The van der Waals surface area contributed by atoms with Crippen molar-refractivity contribution in [2.24, 2.45) is 17.3 Å². The van der Waals surface area contributed by atoms with Gasteiger partial charge in [-0.05, 0) is 21.5 Å². The number of thioether (sulfide) groups is 2. The molecule has 4 rings (SSSR count). The first-order chi connectivity index (χ1) is 17.8. The average molecular weight is 567 g/mol. The van der Waals surface area contributed by atoms with Crippen LogP contribution in [-0.4, -0.2) is 94.3 Å². The van der Waals surface area contributed by atoms with Crippen molar-refractivity contribution < 1.29 is 24.3 Å². The molecule has 17 nitrogen and oxygen atoms in total. The molecule has 3 atom stereocenters. The third-order valence-electron chi connectivity index (χ3n) is 4.94. The smallest absolute Gasteiger partial charge is 0.321 e. The van der Waals surface area contributed by atoms with Crippen LogP contribution in [0.4, 0.5) is 5.13 Å². The Morgan fingerprint density at radius 2 is 2.27 bits per heavy atom. The second kappa shape index (κ2) is 11.5. The minimum absolute atomic E-state index is 0.0143. The number of anilines is 1. The molecule has 2 amide bonds. The summed E-state index contributed by atoms with van der Waals surface area (Å²) in [6, 6.07) is -1.00. The second-order valence-electron chi connectivity index (χ2n) is 7.32. The van der Waals surface area contributed by atoms with Gasteiger partial charge in [-0.2, -0.15) is 0 Å². The third-order valence-corrected chi connectivity index (χ3v) is 8.25. The van der Waals surface area contributed by atoms with Gasteiger partial charge in [0.15, 0.2) is 10.8 Å². The normalized spacial score (nSPS) is 20.8. The molecule has 194 valence electrons. The number of carbonyl (C=O) groups is 3. The number of nitrogens with zero attached hydrogens (tertiary/aromatic N) is 10. The minimum Gasteiger partial charge on any atom is -0.480 e. The van der Waals surface area contributed by atoms with Crippen LogP contribution in [0.1, 0.15) is 5.69 Å². The van der Waals surface area contributed by atoms with Gasteiger partial charge in [0, 0.05) is 29.3 Å². The lowest BCUT2D eigenvalue weighted by molar-refractivity contribution is -0.144. The van der Waals surface area contributed by atoms with Crippen molar-refractivity contribution in [1.29, 1.82) is 0 Å². The molecule has 20 heteroatoms. The van der Waals surface area contributed by atoms with Gasteiger partial charge in [0.2, 0.25) is 5.16 Å². The monoisotopic (exact) mass is 566 g/mol. The summed E-state index contributed by atoms with van der Waals surface area (Å²) < 4.78 is 1.45. The molecule has 0 aliphatic carbocycles. The Morgan fingerprint density at radius 3 is 2.92 bits per heavy atom. The van der Waals surface area contributed by atoms with E-state index in [0.717, 1.165) is 23.1 Å². The Bertz CT molecular complexity index is 1320. The Hall–Kier alpha value is -3.87. The quantitative estimate of drug-likeness (QED) is 0.0468. The highest BCUT2D eigenvalue weighted by molar-refractivity contribution is 8.02. The van der Waals surface area contributed by atoms with Gasteiger partial charge in [0.1, 0.15) is 29.0 Å². The van der Waals surface area contributed by atoms with E-state index < -0.39 is 34.4 Å². The maximum Gasteiger partial charge on any atom is 0.321 e. The van der Waals surface area contributed by atoms with Crippen molar-refractivity contribution in [2.75, 3.05) is 24.6 Å². The summed E-state index contributed by atoms with van der Waals surface area (Å²) in [6.45, 7) is -0.106. The van der Waals surface area contributed by atoms with Crippen LogP contribution in [0.2, 0.25) is 0 Å². The fourth-order valence-corrected chi connectivity index (χ4v) is 6.10. The second-order valence-corrected chi connectivity index (χ2v) is 10.4. The van der Waals surface area contributed by atoms with E-state index in [1.54, 1.807) is 7.05 Å². The number of β-lactam (4-membered cyclic amide) rings is 1. The highest BCUT2D eigenvalue weighted by Crippen LogP contribution is 2.41. The molecular formula is C17H18N12O5S3. The molecule has 4 N–H and O–H groups in total. The number of hydrogen-bond acceptors (Lipinski definition) is 14. The highest BCUT2D eigenvalue weighted by atomic mass is 32.2. The van der Waals surface area contributed by atoms with Crippen LogP contribution in [0.15, 0.2) is 32.6 Å². The number of oxime groups is 1. The molecule has 0 saturated carbocycles. The van der Waals surface area contributed by atoms with Crippen molar-refractivity contribution >= 4 is 63.5 Å². The maximum atomic E-state index is 13.0. The Labute approximate surface area is 220 Å². The van der Waals surface area contributed by atoms with E-state index in [1.165, 1.54) is 32.9 Å². The van der Waals surface area contributed by atoms with E-state index in [9.17, 15) is 19.5 Å². The molecule has 0 bridgehead atoms. The van der Waals surface area contributed by atoms with E-state index in [1.807, 2.05) is 0 Å². The first-order valence-corrected chi connectivity index (χ1v) is 13.1. The Morgan fingerprint density at radius 1 is 1.46 bits per heavy atom. The summed E-state index contributed by atoms with van der Waals surface area (Å²) in [5, 5.41) is 31.2. The van der Waals surface area contributed by atoms with Crippen molar-refractivity contribution in [3.8, 4) is 0 Å². The van der Waals surface area contributed by atoms with Crippen LogP contribution in [-0.2, 0) is 26.3 Å². The molecule has 2 aromatic rings. The molecular weight excluding hydrogens is 548 g/mol. The molecule has 0 radical (unpaired) electrons. The lowest BCUT2D eigenvalue weighted by Gasteiger charge is -2.48. The van der Waals surface area contributed by atoms with E-state index in [-0.39, 0.29) is 35.4 Å². The summed E-state index contributed by atoms with van der Waals surface area (Å²) in [4.78, 5) is 50.9. The zero-order valence-corrected chi connectivity index (χ0v) is 21.3. The van der Waals surface area contributed by atoms with Gasteiger partial charge in [-0.15, -0.1) is 28.2 Å². The number of thiazole rings is 1. The molecule has 1 fully saturated rings. The standard InChI is InChI=1S/C17H18N12O5S3/c1-28-17(23-26-27-28)36-5-7-4-29-13(31)10(14(29)37-11(7)15(32)33)22-12(30)9(8-6-35-16(18)21-8)24-34-3-2-20-25-19/h4,6,10-11,14H,2-3,5H2,1H3,(H2,18,21)(H,22,30)(H,32,33)/t10?,11?,14-/m1/s1. The molecule has 1 saturated heterocycles. The highest BCUT2D eigenvalue weighted by Gasteiger charge is 2.53. The number of nitrogen functional groups attached to an aromatic ring is 1. The van der Waals surface area contributed by atoms with Crippen LogP contribution < -0.4 is 11.1 Å². The predicted molar refractivity (Wildman–Crippen MR) is 132 cm³/mol. The minimum atomic E-state index is -1.08. The number of hydrogen-bond donors (Lipinski definition) is 3. The number of fused-ring (bicyclic) bond motifs is 1. The number of amides is 2. The molecule has 4 heterocycles. The number of tetrazole rings is 1. The van der Waals surface area contributed by atoms with Gasteiger partial charge in [-0.25, -0.2) is 9.67 Å². The molecule has 2 aliphatic heterocycles. The summed E-state index contributed by atoms with van der Waals surface area (Å²) in [5.41, 5.74) is 14.4. The van der Waals surface area contributed by atoms with E-state index in [2.05, 4.69) is 41.0 Å². The first-order valence-electron chi connectivity index (χ1n) is 10.3. The summed E-state index contributed by atoms with van der Waals surface area (Å²) >= 11 is 3.35. The molecule has 2 aromatic heterocycles. The number of aliphatic carboxylic acids is 1. The number of aromatic nitrogens is 5. The maximum absolute atomic E-state index is 13.0. The molecule has 0 aromatic carbocycles. The number of azide groups is 1. The van der Waals surface area contributed by atoms with E-state index in [4.69, 9.17) is 16.1 Å². The van der Waals surface area contributed by atoms with Gasteiger partial charge < -0.3 is 25.9 Å². The fraction of sp³-hybridized carbons (Fsp3) is 0.412. The van der Waals surface area contributed by atoms with Gasteiger partial charge in [-0.3, -0.25) is 14.4 Å². The number of nitrogens with two attached hydrogens (primary N) is 1. The van der Waals surface area contributed by atoms with Gasteiger partial charge in [0.25, 0.3) is 11.8 Å². The van der Waals surface area contributed by atoms with E-state index >= 15 is 0 Å². The van der Waals surface area contributed by atoms with Crippen LogP contribution in [0, 0.1) is 0 Å². The van der Waals surface area contributed by atoms with Crippen LogP contribution >= 0.6 is 34.9 Å². The fourth-order valence-electron chi connectivity index (χ4n) is 3.24. The zero-order valence-electron chi connectivity index (χ0n) is 18.9. The van der Waals surface area contributed by atoms with Crippen molar-refractivity contribution in [2.45, 2.75) is 21.8 Å². The SMILES string of the molecule is Cn1nnnc1SCC1=CN2C(=O)C(NC(=O)C(=NOCCN=[N+]=[N-])c3csc(N)n3)[C@H]2SC1C(=O)O. The van der Waals surface area contributed by atoms with Crippen LogP contribution in [0.3, 0.4) is 0 Å². The lowest BCUT2D eigenvalue weighted by atomic mass is 10.1.